The van der Waals surface area contributed by atoms with E-state index in [1.165, 1.54) is 23.3 Å². The fourth-order valence-electron chi connectivity index (χ4n) is 3.73. The Morgan fingerprint density at radius 2 is 1.94 bits per heavy atom. The molecular weight excluding hydrogens is 412 g/mol. The molecule has 1 fully saturated rings. The smallest absolute Gasteiger partial charge is 0.306 e. The number of nitrogen functional groups attached to an aromatic ring is 1. The number of hydrogen-bond donors (Lipinski definition) is 2. The number of nitrogens with zero attached hydrogens (tertiary/aromatic N) is 4. The minimum Gasteiger partial charge on any atom is -0.397 e. The van der Waals surface area contributed by atoms with Crippen LogP contribution in [0.4, 0.5) is 11.6 Å². The van der Waals surface area contributed by atoms with Crippen LogP contribution in [0, 0.1) is 6.92 Å². The van der Waals surface area contributed by atoms with E-state index < -0.39 is 0 Å². The van der Waals surface area contributed by atoms with Crippen molar-refractivity contribution in [3.63, 3.8) is 0 Å². The van der Waals surface area contributed by atoms with Crippen molar-refractivity contribution in [1.82, 2.24) is 10.3 Å². The van der Waals surface area contributed by atoms with E-state index in [4.69, 9.17) is 15.2 Å². The van der Waals surface area contributed by atoms with Crippen LogP contribution in [0.15, 0.2) is 47.1 Å². The summed E-state index contributed by atoms with van der Waals surface area (Å²) in [6.07, 6.45) is 5.15. The average molecular weight is 436 g/mol. The molecule has 0 atom stereocenters. The highest BCUT2D eigenvalue weighted by Gasteiger charge is 2.25. The number of hydrogen-bond acceptors (Lipinski definition) is 7. The normalized spacial score (nSPS) is 14.2. The second-order valence-electron chi connectivity index (χ2n) is 7.72. The molecule has 8 nitrogen and oxygen atoms in total. The fourth-order valence-corrected chi connectivity index (χ4v) is 4.72. The van der Waals surface area contributed by atoms with E-state index in [1.54, 1.807) is 11.0 Å². The zero-order chi connectivity index (χ0) is 21.4. The van der Waals surface area contributed by atoms with Crippen LogP contribution in [0.2, 0.25) is 0 Å². The largest absolute Gasteiger partial charge is 0.397 e. The quantitative estimate of drug-likeness (QED) is 0.476. The minimum atomic E-state index is -0.334. The van der Waals surface area contributed by atoms with Crippen molar-refractivity contribution in [2.24, 2.45) is 0 Å². The summed E-state index contributed by atoms with van der Waals surface area (Å²) in [4.78, 5) is 20.4. The third-order valence-corrected chi connectivity index (χ3v) is 6.58. The first-order chi connectivity index (χ1) is 15.1. The van der Waals surface area contributed by atoms with Gasteiger partial charge in [-0.25, -0.2) is 4.98 Å². The van der Waals surface area contributed by atoms with Crippen molar-refractivity contribution in [2.75, 3.05) is 29.1 Å². The van der Waals surface area contributed by atoms with Gasteiger partial charge in [0.25, 0.3) is 12.1 Å². The van der Waals surface area contributed by atoms with Gasteiger partial charge in [0, 0.05) is 10.9 Å². The minimum absolute atomic E-state index is 0.278. The van der Waals surface area contributed by atoms with Crippen LogP contribution in [0.5, 0.6) is 0 Å². The summed E-state index contributed by atoms with van der Waals surface area (Å²) in [7, 11) is 0. The van der Waals surface area contributed by atoms with Crippen LogP contribution >= 0.6 is 11.3 Å². The third kappa shape index (κ3) is 3.84. The van der Waals surface area contributed by atoms with E-state index in [1.807, 2.05) is 31.2 Å². The van der Waals surface area contributed by atoms with E-state index in [-0.39, 0.29) is 11.8 Å². The molecule has 4 heterocycles. The van der Waals surface area contributed by atoms with Gasteiger partial charge in [-0.1, -0.05) is 29.8 Å². The first kappa shape index (κ1) is 19.5. The molecule has 1 saturated heterocycles. The van der Waals surface area contributed by atoms with E-state index >= 15 is 0 Å². The molecule has 158 valence electrons. The van der Waals surface area contributed by atoms with Crippen molar-refractivity contribution < 1.29 is 14.1 Å². The summed E-state index contributed by atoms with van der Waals surface area (Å²) in [6.45, 7) is 3.89. The number of piperidine rings is 1. The number of thiophene rings is 1. The van der Waals surface area contributed by atoms with Gasteiger partial charge in [-0.05, 0) is 38.3 Å². The Kier molecular flexibility index (Phi) is 5.03. The fraction of sp³-hybridized carbons (Fsp3) is 0.273. The number of aryl methyl sites for hydroxylation is 1. The second kappa shape index (κ2) is 7.99. The standard InChI is InChI=1S/C22H22N6O2S/c1-14-5-7-15(8-6-14)17-10-9-16-19(23)20(31-22(16)24-17)21(29)25-18-13-28(26-30-18)27-11-3-2-4-12-27/h5-10,13H,2-4,11-12H2,1H3,(H2-,23,25,26,29)/p+1. The van der Waals surface area contributed by atoms with Crippen LogP contribution < -0.4 is 20.9 Å². The molecule has 31 heavy (non-hydrogen) atoms. The van der Waals surface area contributed by atoms with Crippen molar-refractivity contribution in [3.8, 4) is 11.3 Å². The number of pyridine rings is 1. The van der Waals surface area contributed by atoms with E-state index in [0.29, 0.717) is 10.6 Å². The maximum absolute atomic E-state index is 12.9. The molecule has 0 unspecified atom stereocenters. The Morgan fingerprint density at radius 3 is 2.71 bits per heavy atom. The summed E-state index contributed by atoms with van der Waals surface area (Å²) in [6, 6.07) is 12.0. The van der Waals surface area contributed by atoms with Gasteiger partial charge >= 0.3 is 5.88 Å². The molecule has 4 aromatic rings. The average Bonchev–Trinajstić information content (AvgIpc) is 3.39. The van der Waals surface area contributed by atoms with Crippen molar-refractivity contribution in [1.29, 1.82) is 0 Å². The van der Waals surface area contributed by atoms with E-state index in [9.17, 15) is 4.79 Å². The van der Waals surface area contributed by atoms with Gasteiger partial charge in [0.05, 0.1) is 29.3 Å². The lowest BCUT2D eigenvalue weighted by atomic mass is 10.1. The molecular formula is C22H23N6O2S+. The topological polar surface area (TPSA) is 101 Å². The Balaban J connectivity index is 1.38. The predicted molar refractivity (Wildman–Crippen MR) is 121 cm³/mol. The highest BCUT2D eigenvalue weighted by Crippen LogP contribution is 2.34. The number of benzene rings is 1. The molecule has 9 heteroatoms. The summed E-state index contributed by atoms with van der Waals surface area (Å²) >= 11 is 1.27. The lowest BCUT2D eigenvalue weighted by molar-refractivity contribution is -0.759. The van der Waals surface area contributed by atoms with Gasteiger partial charge in [0.15, 0.2) is 0 Å². The third-order valence-electron chi connectivity index (χ3n) is 5.46. The number of carbonyl (C=O) groups is 1. The number of aromatic nitrogens is 3. The molecule has 5 rings (SSSR count). The number of amides is 1. The summed E-state index contributed by atoms with van der Waals surface area (Å²) in [5, 5.41) is 9.64. The molecule has 3 N–H and O–H groups in total. The maximum Gasteiger partial charge on any atom is 0.306 e. The molecule has 0 bridgehead atoms. The lowest BCUT2D eigenvalue weighted by Gasteiger charge is -2.17. The van der Waals surface area contributed by atoms with Gasteiger partial charge in [0.2, 0.25) is 5.27 Å². The van der Waals surface area contributed by atoms with Crippen LogP contribution in [0.25, 0.3) is 21.5 Å². The number of fused-ring (bicyclic) bond motifs is 1. The number of rotatable bonds is 4. The highest BCUT2D eigenvalue weighted by molar-refractivity contribution is 7.21. The lowest BCUT2D eigenvalue weighted by Crippen LogP contribution is -2.60. The van der Waals surface area contributed by atoms with Crippen molar-refractivity contribution in [3.05, 3.63) is 53.0 Å². The number of nitrogens with one attached hydrogen (secondary N) is 1. The molecule has 1 aliphatic heterocycles. The summed E-state index contributed by atoms with van der Waals surface area (Å²) in [5.41, 5.74) is 9.76. The monoisotopic (exact) mass is 435 g/mol. The zero-order valence-corrected chi connectivity index (χ0v) is 18.0. The maximum atomic E-state index is 12.9. The van der Waals surface area contributed by atoms with Crippen molar-refractivity contribution in [2.45, 2.75) is 26.2 Å². The zero-order valence-electron chi connectivity index (χ0n) is 17.2. The van der Waals surface area contributed by atoms with Gasteiger partial charge < -0.3 is 5.73 Å². The van der Waals surface area contributed by atoms with Crippen molar-refractivity contribution >= 4 is 39.0 Å². The van der Waals surface area contributed by atoms with Gasteiger partial charge in [-0.15, -0.1) is 11.3 Å². The van der Waals surface area contributed by atoms with Crippen LogP contribution in [0.3, 0.4) is 0 Å². The van der Waals surface area contributed by atoms with Gasteiger partial charge in [-0.3, -0.25) is 14.6 Å². The SMILES string of the molecule is Cc1ccc(-c2ccc3c(N)c(C(=O)Nc4c[n+](N5CCCCC5)no4)sc3n2)cc1. The molecule has 1 aromatic carbocycles. The molecule has 3 aromatic heterocycles. The van der Waals surface area contributed by atoms with E-state index in [0.717, 1.165) is 47.4 Å². The first-order valence-electron chi connectivity index (χ1n) is 10.3. The Bertz CT molecular complexity index is 1240. The Morgan fingerprint density at radius 1 is 1.16 bits per heavy atom. The number of anilines is 2. The first-order valence-corrected chi connectivity index (χ1v) is 11.1. The molecule has 0 saturated carbocycles. The number of nitrogens with two attached hydrogens (primary N) is 1. The highest BCUT2D eigenvalue weighted by atomic mass is 32.1. The number of carbonyl (C=O) groups excluding carboxylic acids is 1. The van der Waals surface area contributed by atoms with Crippen LogP contribution in [0.1, 0.15) is 34.5 Å². The molecule has 1 aliphatic rings. The van der Waals surface area contributed by atoms with E-state index in [2.05, 4.69) is 27.7 Å². The molecule has 1 amide bonds. The molecule has 0 aliphatic carbocycles. The Labute approximate surface area is 183 Å². The van der Waals surface area contributed by atoms with Gasteiger partial charge in [0.1, 0.15) is 9.71 Å². The van der Waals surface area contributed by atoms with Gasteiger partial charge in [-0.2, -0.15) is 5.01 Å². The molecule has 0 spiro atoms. The summed E-state index contributed by atoms with van der Waals surface area (Å²) in [5.74, 6) is -0.0555. The Hall–Kier alpha value is -3.46. The summed E-state index contributed by atoms with van der Waals surface area (Å²) < 4.78 is 5.30. The van der Waals surface area contributed by atoms with Crippen LogP contribution in [-0.4, -0.2) is 29.3 Å². The second-order valence-corrected chi connectivity index (χ2v) is 8.71. The molecule has 0 radical (unpaired) electrons. The predicted octanol–water partition coefficient (Wildman–Crippen LogP) is 3.50. The van der Waals surface area contributed by atoms with Crippen LogP contribution in [-0.2, 0) is 0 Å².